The molecular weight excluding hydrogens is 337 g/mol. The van der Waals surface area contributed by atoms with Crippen molar-refractivity contribution >= 4 is 22.9 Å². The van der Waals surface area contributed by atoms with Crippen LogP contribution in [0.25, 0.3) is 11.2 Å². The van der Waals surface area contributed by atoms with Crippen molar-refractivity contribution in [3.05, 3.63) is 35.9 Å². The molecule has 0 saturated carbocycles. The molecule has 0 amide bonds. The van der Waals surface area contributed by atoms with Crippen molar-refractivity contribution in [2.45, 2.75) is 33.0 Å². The lowest BCUT2D eigenvalue weighted by molar-refractivity contribution is 0.466. The first-order chi connectivity index (χ1) is 12.5. The number of anilines is 2. The van der Waals surface area contributed by atoms with Crippen molar-refractivity contribution in [1.82, 2.24) is 19.5 Å². The van der Waals surface area contributed by atoms with Crippen molar-refractivity contribution in [2.24, 2.45) is 5.73 Å². The van der Waals surface area contributed by atoms with E-state index in [2.05, 4.69) is 25.6 Å². The molecule has 0 aliphatic carbocycles. The van der Waals surface area contributed by atoms with Gasteiger partial charge in [-0.1, -0.05) is 0 Å². The number of aromatic nitrogens is 4. The number of nitrogens with zero attached hydrogens (tertiary/aromatic N) is 4. The van der Waals surface area contributed by atoms with Gasteiger partial charge in [0.15, 0.2) is 17.0 Å². The second kappa shape index (κ2) is 7.52. The third-order valence-corrected chi connectivity index (χ3v) is 3.87. The van der Waals surface area contributed by atoms with E-state index in [4.69, 9.17) is 5.73 Å². The summed E-state index contributed by atoms with van der Waals surface area (Å²) in [6, 6.07) is 3.76. The fourth-order valence-corrected chi connectivity index (χ4v) is 2.50. The minimum absolute atomic E-state index is 0.0126. The minimum atomic E-state index is -0.415. The van der Waals surface area contributed by atoms with Gasteiger partial charge in [-0.3, -0.25) is 0 Å². The second-order valence-electron chi connectivity index (χ2n) is 6.08. The van der Waals surface area contributed by atoms with Crippen molar-refractivity contribution in [3.63, 3.8) is 0 Å². The third kappa shape index (κ3) is 3.83. The van der Waals surface area contributed by atoms with Gasteiger partial charge >= 0.3 is 0 Å². The van der Waals surface area contributed by atoms with E-state index in [1.165, 1.54) is 18.2 Å². The highest BCUT2D eigenvalue weighted by molar-refractivity contribution is 5.84. The molecule has 0 fully saturated rings. The number of hydrogen-bond acceptors (Lipinski definition) is 7. The number of aryl methyl sites for hydroxylation is 1. The molecule has 3 aromatic rings. The van der Waals surface area contributed by atoms with E-state index in [1.54, 1.807) is 6.33 Å². The molecule has 0 bridgehead atoms. The van der Waals surface area contributed by atoms with Gasteiger partial charge in [0, 0.05) is 31.2 Å². The van der Waals surface area contributed by atoms with E-state index in [0.29, 0.717) is 41.6 Å². The van der Waals surface area contributed by atoms with Crippen LogP contribution < -0.4 is 16.4 Å². The van der Waals surface area contributed by atoms with Crippen molar-refractivity contribution in [3.8, 4) is 5.75 Å². The summed E-state index contributed by atoms with van der Waals surface area (Å²) >= 11 is 0. The van der Waals surface area contributed by atoms with E-state index >= 15 is 0 Å². The Morgan fingerprint density at radius 1 is 1.31 bits per heavy atom. The molecule has 0 saturated heterocycles. The molecular formula is C17H22FN7O. The SMILES string of the molecule is CCn1cnc2c(NCc3cc(F)ccc3O)nc(NCC(C)N)nc21. The zero-order valence-corrected chi connectivity index (χ0v) is 14.7. The topological polar surface area (TPSA) is 114 Å². The largest absolute Gasteiger partial charge is 0.508 e. The standard InChI is InChI=1S/C17H22FN7O/c1-3-25-9-22-14-15(20-8-11-6-12(18)4-5-13(11)26)23-17(24-16(14)25)21-7-10(2)19/h4-6,9-10,26H,3,7-8,19H2,1-2H3,(H2,20,21,23,24). The number of benzene rings is 1. The Morgan fingerprint density at radius 3 is 2.85 bits per heavy atom. The van der Waals surface area contributed by atoms with Gasteiger partial charge in [-0.2, -0.15) is 9.97 Å². The maximum Gasteiger partial charge on any atom is 0.226 e. The Hall–Kier alpha value is -2.94. The number of phenols is 1. The number of aromatic hydroxyl groups is 1. The first kappa shape index (κ1) is 17.9. The molecule has 8 nitrogen and oxygen atoms in total. The molecule has 2 aromatic heterocycles. The molecule has 5 N–H and O–H groups in total. The number of nitrogens with two attached hydrogens (primary N) is 1. The molecule has 0 radical (unpaired) electrons. The average molecular weight is 359 g/mol. The quantitative estimate of drug-likeness (QED) is 0.510. The van der Waals surface area contributed by atoms with Gasteiger partial charge in [-0.05, 0) is 32.0 Å². The first-order valence-corrected chi connectivity index (χ1v) is 8.41. The van der Waals surface area contributed by atoms with Crippen LogP contribution in [-0.2, 0) is 13.1 Å². The lowest BCUT2D eigenvalue weighted by Gasteiger charge is -2.12. The normalized spacial score (nSPS) is 12.3. The summed E-state index contributed by atoms with van der Waals surface area (Å²) in [5, 5.41) is 16.1. The summed E-state index contributed by atoms with van der Waals surface area (Å²) in [7, 11) is 0. The second-order valence-corrected chi connectivity index (χ2v) is 6.08. The summed E-state index contributed by atoms with van der Waals surface area (Å²) in [6.45, 7) is 5.31. The fourth-order valence-electron chi connectivity index (χ4n) is 2.50. The van der Waals surface area contributed by atoms with Crippen LogP contribution in [0.4, 0.5) is 16.2 Å². The van der Waals surface area contributed by atoms with Gasteiger partial charge < -0.3 is 26.0 Å². The van der Waals surface area contributed by atoms with Crippen LogP contribution in [-0.4, -0.2) is 37.2 Å². The molecule has 0 spiro atoms. The van der Waals surface area contributed by atoms with Crippen LogP contribution >= 0.6 is 0 Å². The van der Waals surface area contributed by atoms with Crippen LogP contribution in [0.3, 0.4) is 0 Å². The Bertz CT molecular complexity index is 910. The maximum atomic E-state index is 13.4. The lowest BCUT2D eigenvalue weighted by Crippen LogP contribution is -2.26. The number of phenolic OH excluding ortho intramolecular Hbond substituents is 1. The molecule has 3 rings (SSSR count). The van der Waals surface area contributed by atoms with Gasteiger partial charge in [-0.25, -0.2) is 9.37 Å². The van der Waals surface area contributed by atoms with E-state index < -0.39 is 5.82 Å². The van der Waals surface area contributed by atoms with Crippen LogP contribution in [0, 0.1) is 5.82 Å². The van der Waals surface area contributed by atoms with Crippen LogP contribution in [0.1, 0.15) is 19.4 Å². The van der Waals surface area contributed by atoms with Crippen LogP contribution in [0.2, 0.25) is 0 Å². The Balaban J connectivity index is 1.92. The molecule has 26 heavy (non-hydrogen) atoms. The number of nitrogens with one attached hydrogen (secondary N) is 2. The van der Waals surface area contributed by atoms with Crippen molar-refractivity contribution < 1.29 is 9.50 Å². The van der Waals surface area contributed by atoms with Crippen LogP contribution in [0.5, 0.6) is 5.75 Å². The predicted molar refractivity (Wildman–Crippen MR) is 98.5 cm³/mol. The van der Waals surface area contributed by atoms with E-state index in [-0.39, 0.29) is 18.3 Å². The Kier molecular flexibility index (Phi) is 5.17. The first-order valence-electron chi connectivity index (χ1n) is 8.41. The van der Waals surface area contributed by atoms with Crippen LogP contribution in [0.15, 0.2) is 24.5 Å². The summed E-state index contributed by atoms with van der Waals surface area (Å²) in [4.78, 5) is 13.3. The molecule has 138 valence electrons. The summed E-state index contributed by atoms with van der Waals surface area (Å²) in [5.74, 6) is 0.523. The van der Waals surface area contributed by atoms with E-state index in [9.17, 15) is 9.50 Å². The Labute approximate surface area is 150 Å². The molecule has 9 heteroatoms. The number of fused-ring (bicyclic) bond motifs is 1. The number of imidazole rings is 1. The smallest absolute Gasteiger partial charge is 0.226 e. The highest BCUT2D eigenvalue weighted by Crippen LogP contribution is 2.23. The van der Waals surface area contributed by atoms with Gasteiger partial charge in [0.05, 0.1) is 6.33 Å². The third-order valence-electron chi connectivity index (χ3n) is 3.87. The Morgan fingerprint density at radius 2 is 2.12 bits per heavy atom. The molecule has 1 aromatic carbocycles. The predicted octanol–water partition coefficient (Wildman–Crippen LogP) is 2.06. The number of rotatable bonds is 7. The zero-order valence-electron chi connectivity index (χ0n) is 14.7. The highest BCUT2D eigenvalue weighted by atomic mass is 19.1. The zero-order chi connectivity index (χ0) is 18.7. The number of hydrogen-bond donors (Lipinski definition) is 4. The van der Waals surface area contributed by atoms with E-state index in [0.717, 1.165) is 0 Å². The lowest BCUT2D eigenvalue weighted by atomic mass is 10.2. The van der Waals surface area contributed by atoms with Gasteiger partial charge in [0.25, 0.3) is 0 Å². The van der Waals surface area contributed by atoms with Crippen molar-refractivity contribution in [2.75, 3.05) is 17.2 Å². The van der Waals surface area contributed by atoms with Crippen molar-refractivity contribution in [1.29, 1.82) is 0 Å². The average Bonchev–Trinajstić information content (AvgIpc) is 3.03. The summed E-state index contributed by atoms with van der Waals surface area (Å²) in [6.07, 6.45) is 1.69. The maximum absolute atomic E-state index is 13.4. The van der Waals surface area contributed by atoms with Gasteiger partial charge in [-0.15, -0.1) is 0 Å². The molecule has 0 aliphatic rings. The highest BCUT2D eigenvalue weighted by Gasteiger charge is 2.14. The molecule has 1 atom stereocenters. The monoisotopic (exact) mass is 359 g/mol. The fraction of sp³-hybridized carbons (Fsp3) is 0.353. The minimum Gasteiger partial charge on any atom is -0.508 e. The molecule has 1 unspecified atom stereocenters. The summed E-state index contributed by atoms with van der Waals surface area (Å²) in [5.41, 5.74) is 7.49. The van der Waals surface area contributed by atoms with Gasteiger partial charge in [0.1, 0.15) is 11.6 Å². The molecule has 2 heterocycles. The van der Waals surface area contributed by atoms with Gasteiger partial charge in [0.2, 0.25) is 5.95 Å². The molecule has 0 aliphatic heterocycles. The summed E-state index contributed by atoms with van der Waals surface area (Å²) < 4.78 is 15.3. The van der Waals surface area contributed by atoms with E-state index in [1.807, 2.05) is 18.4 Å². The number of halogens is 1.